The van der Waals surface area contributed by atoms with E-state index >= 15 is 0 Å². The van der Waals surface area contributed by atoms with Crippen molar-refractivity contribution in [2.75, 3.05) is 32.6 Å². The Morgan fingerprint density at radius 3 is 2.03 bits per heavy atom. The van der Waals surface area contributed by atoms with E-state index in [2.05, 4.69) is 5.32 Å². The first kappa shape index (κ1) is 23.4. The molecule has 1 heterocycles. The third-order valence-electron chi connectivity index (χ3n) is 5.33. The molecule has 1 aliphatic rings. The number of hydrogen-bond donors (Lipinski definition) is 1. The Morgan fingerprint density at radius 1 is 0.875 bits per heavy atom. The highest BCUT2D eigenvalue weighted by atomic mass is 32.2. The van der Waals surface area contributed by atoms with E-state index in [1.807, 2.05) is 0 Å². The molecule has 9 nitrogen and oxygen atoms in total. The number of rotatable bonds is 6. The Morgan fingerprint density at radius 2 is 1.41 bits per heavy atom. The van der Waals surface area contributed by atoms with Gasteiger partial charge in [0, 0.05) is 19.0 Å². The lowest BCUT2D eigenvalue weighted by atomic mass is 9.97. The molecule has 0 aromatic heterocycles. The van der Waals surface area contributed by atoms with E-state index in [9.17, 15) is 22.8 Å². The molecule has 170 valence electrons. The minimum Gasteiger partial charge on any atom is -0.465 e. The van der Waals surface area contributed by atoms with Crippen LogP contribution in [0.25, 0.3) is 0 Å². The molecular formula is C22H24N2O7S. The number of anilines is 1. The van der Waals surface area contributed by atoms with Crippen LogP contribution in [0, 0.1) is 5.92 Å². The number of esters is 2. The Balaban J connectivity index is 1.70. The maximum atomic E-state index is 13.1. The fraction of sp³-hybridized carbons (Fsp3) is 0.318. The van der Waals surface area contributed by atoms with Crippen LogP contribution in [0.2, 0.25) is 0 Å². The molecular weight excluding hydrogens is 436 g/mol. The number of ether oxygens (including phenoxy) is 2. The first-order valence-corrected chi connectivity index (χ1v) is 11.4. The number of carbonyl (C=O) groups excluding carboxylic acids is 3. The second-order valence-electron chi connectivity index (χ2n) is 7.19. The van der Waals surface area contributed by atoms with Gasteiger partial charge >= 0.3 is 11.9 Å². The topological polar surface area (TPSA) is 119 Å². The lowest BCUT2D eigenvalue weighted by Crippen LogP contribution is -2.41. The van der Waals surface area contributed by atoms with Gasteiger partial charge in [0.2, 0.25) is 15.9 Å². The van der Waals surface area contributed by atoms with Crippen molar-refractivity contribution < 1.29 is 32.3 Å². The minimum atomic E-state index is -3.94. The van der Waals surface area contributed by atoms with Gasteiger partial charge in [-0.2, -0.15) is 4.31 Å². The van der Waals surface area contributed by atoms with Crippen LogP contribution >= 0.6 is 0 Å². The van der Waals surface area contributed by atoms with Crippen molar-refractivity contribution in [1.29, 1.82) is 0 Å². The monoisotopic (exact) mass is 460 g/mol. The number of nitrogens with one attached hydrogen (secondary N) is 1. The first-order valence-electron chi connectivity index (χ1n) is 9.95. The van der Waals surface area contributed by atoms with Crippen LogP contribution in [-0.2, 0) is 24.3 Å². The van der Waals surface area contributed by atoms with Crippen molar-refractivity contribution in [3.63, 3.8) is 0 Å². The van der Waals surface area contributed by atoms with Crippen LogP contribution < -0.4 is 5.32 Å². The van der Waals surface area contributed by atoms with Gasteiger partial charge in [0.05, 0.1) is 35.9 Å². The van der Waals surface area contributed by atoms with Gasteiger partial charge in [0.25, 0.3) is 0 Å². The molecule has 0 unspecified atom stereocenters. The number of methoxy groups -OCH3 is 2. The second kappa shape index (κ2) is 9.92. The summed E-state index contributed by atoms with van der Waals surface area (Å²) in [6.07, 6.45) is 0.595. The van der Waals surface area contributed by atoms with Crippen molar-refractivity contribution in [2.45, 2.75) is 17.7 Å². The van der Waals surface area contributed by atoms with E-state index in [-0.39, 0.29) is 35.0 Å². The lowest BCUT2D eigenvalue weighted by molar-refractivity contribution is -0.120. The average molecular weight is 461 g/mol. The Labute approximate surface area is 186 Å². The number of nitrogens with zero attached hydrogens (tertiary/aromatic N) is 1. The van der Waals surface area contributed by atoms with Crippen LogP contribution in [0.5, 0.6) is 0 Å². The molecule has 2 aromatic rings. The molecule has 0 saturated carbocycles. The normalized spacial score (nSPS) is 15.1. The van der Waals surface area contributed by atoms with E-state index < -0.39 is 27.9 Å². The van der Waals surface area contributed by atoms with Gasteiger partial charge in [-0.15, -0.1) is 0 Å². The summed E-state index contributed by atoms with van der Waals surface area (Å²) in [5, 5.41) is 2.74. The van der Waals surface area contributed by atoms with Crippen LogP contribution in [0.4, 0.5) is 5.69 Å². The fourth-order valence-electron chi connectivity index (χ4n) is 3.58. The number of para-hydroxylation sites is 1. The van der Waals surface area contributed by atoms with Gasteiger partial charge in [-0.25, -0.2) is 18.0 Å². The van der Waals surface area contributed by atoms with E-state index in [4.69, 9.17) is 9.47 Å². The fourth-order valence-corrected chi connectivity index (χ4v) is 5.23. The van der Waals surface area contributed by atoms with E-state index in [0.29, 0.717) is 18.5 Å². The van der Waals surface area contributed by atoms with Crippen molar-refractivity contribution in [1.82, 2.24) is 4.31 Å². The number of benzene rings is 2. The zero-order valence-electron chi connectivity index (χ0n) is 17.7. The Bertz CT molecular complexity index is 1120. The number of hydrogen-bond acceptors (Lipinski definition) is 7. The molecule has 1 aliphatic heterocycles. The van der Waals surface area contributed by atoms with Crippen molar-refractivity contribution in [3.8, 4) is 0 Å². The first-order chi connectivity index (χ1) is 15.3. The highest BCUT2D eigenvalue weighted by molar-refractivity contribution is 7.89. The summed E-state index contributed by atoms with van der Waals surface area (Å²) in [5.74, 6) is -2.02. The zero-order valence-corrected chi connectivity index (χ0v) is 18.6. The van der Waals surface area contributed by atoms with Crippen LogP contribution in [0.1, 0.15) is 33.6 Å². The largest absolute Gasteiger partial charge is 0.465 e. The highest BCUT2D eigenvalue weighted by Crippen LogP contribution is 2.27. The zero-order chi connectivity index (χ0) is 23.3. The van der Waals surface area contributed by atoms with Crippen molar-refractivity contribution >= 4 is 33.6 Å². The predicted octanol–water partition coefficient (Wildman–Crippen LogP) is 2.30. The summed E-state index contributed by atoms with van der Waals surface area (Å²) >= 11 is 0. The van der Waals surface area contributed by atoms with Crippen molar-refractivity contribution in [3.05, 3.63) is 59.7 Å². The molecule has 0 atom stereocenters. The molecule has 10 heteroatoms. The van der Waals surface area contributed by atoms with Gasteiger partial charge < -0.3 is 14.8 Å². The summed E-state index contributed by atoms with van der Waals surface area (Å²) in [4.78, 5) is 36.5. The predicted molar refractivity (Wildman–Crippen MR) is 116 cm³/mol. The van der Waals surface area contributed by atoms with Gasteiger partial charge in [-0.3, -0.25) is 4.79 Å². The van der Waals surface area contributed by atoms with Gasteiger partial charge in [0.15, 0.2) is 0 Å². The number of sulfonamides is 1. The molecule has 1 amide bonds. The summed E-state index contributed by atoms with van der Waals surface area (Å²) < 4.78 is 36.9. The van der Waals surface area contributed by atoms with Crippen LogP contribution in [-0.4, -0.2) is 57.9 Å². The number of piperidine rings is 1. The summed E-state index contributed by atoms with van der Waals surface area (Å²) in [7, 11) is -1.49. The third kappa shape index (κ3) is 4.81. The maximum absolute atomic E-state index is 13.1. The second-order valence-corrected chi connectivity index (χ2v) is 9.10. The van der Waals surface area contributed by atoms with Gasteiger partial charge in [-0.1, -0.05) is 24.3 Å². The molecule has 1 N–H and O–H groups in total. The molecule has 1 fully saturated rings. The van der Waals surface area contributed by atoms with Gasteiger partial charge in [0.1, 0.15) is 0 Å². The van der Waals surface area contributed by atoms with Crippen LogP contribution in [0.3, 0.4) is 0 Å². The average Bonchev–Trinajstić information content (AvgIpc) is 2.83. The molecule has 0 radical (unpaired) electrons. The summed E-state index contributed by atoms with van der Waals surface area (Å²) in [6, 6.07) is 12.4. The van der Waals surface area contributed by atoms with Crippen molar-refractivity contribution in [2.24, 2.45) is 5.92 Å². The van der Waals surface area contributed by atoms with E-state index in [1.165, 1.54) is 36.7 Å². The quantitative estimate of drug-likeness (QED) is 0.657. The van der Waals surface area contributed by atoms with E-state index in [1.54, 1.807) is 30.3 Å². The molecule has 2 aromatic carbocycles. The Kier molecular flexibility index (Phi) is 7.26. The number of carbonyl (C=O) groups is 3. The highest BCUT2D eigenvalue weighted by Gasteiger charge is 2.34. The molecule has 1 saturated heterocycles. The summed E-state index contributed by atoms with van der Waals surface area (Å²) in [5.41, 5.74) is 0.545. The molecule has 32 heavy (non-hydrogen) atoms. The summed E-state index contributed by atoms with van der Waals surface area (Å²) in [6.45, 7) is 0.239. The third-order valence-corrected chi connectivity index (χ3v) is 7.28. The van der Waals surface area contributed by atoms with Gasteiger partial charge in [-0.05, 0) is 37.1 Å². The molecule has 0 spiro atoms. The Hall–Kier alpha value is -3.24. The molecule has 3 rings (SSSR count). The standard InChI is InChI=1S/C22H24N2O7S/c1-30-21(26)16-7-3-5-9-18(16)23-20(25)15-11-13-24(14-12-15)32(28,29)19-10-6-4-8-17(19)22(27)31-2/h3-10,15H,11-14H2,1-2H3,(H,23,25). The van der Waals surface area contributed by atoms with E-state index in [0.717, 1.165) is 0 Å². The SMILES string of the molecule is COC(=O)c1ccccc1NC(=O)C1CCN(S(=O)(=O)c2ccccc2C(=O)OC)CC1. The van der Waals surface area contributed by atoms with Crippen LogP contribution in [0.15, 0.2) is 53.4 Å². The maximum Gasteiger partial charge on any atom is 0.339 e. The smallest absolute Gasteiger partial charge is 0.339 e. The lowest BCUT2D eigenvalue weighted by Gasteiger charge is -2.31. The molecule has 0 bridgehead atoms. The minimum absolute atomic E-state index is 0.0331. The number of amides is 1. The molecule has 0 aliphatic carbocycles.